The van der Waals surface area contributed by atoms with E-state index >= 15 is 0 Å². The van der Waals surface area contributed by atoms with Crippen LogP contribution in [-0.2, 0) is 13.3 Å². The van der Waals surface area contributed by atoms with Crippen molar-refractivity contribution in [2.45, 2.75) is 23.8 Å². The van der Waals surface area contributed by atoms with Crippen molar-refractivity contribution in [3.05, 3.63) is 23.3 Å². The molecular weight excluding hydrogens is 249 g/mol. The lowest BCUT2D eigenvalue weighted by Crippen LogP contribution is -2.03. The number of halogens is 5. The molecule has 90 valence electrons. The van der Waals surface area contributed by atoms with E-state index < -0.39 is 30.6 Å². The maximum Gasteiger partial charge on any atom is 0.446 e. The molecule has 0 heterocycles. The van der Waals surface area contributed by atoms with E-state index in [4.69, 9.17) is 5.73 Å². The molecule has 0 aliphatic carbocycles. The van der Waals surface area contributed by atoms with Crippen LogP contribution in [-0.4, -0.2) is 5.51 Å². The molecule has 7 heteroatoms. The van der Waals surface area contributed by atoms with E-state index in [1.807, 2.05) is 0 Å². The largest absolute Gasteiger partial charge is 0.446 e. The summed E-state index contributed by atoms with van der Waals surface area (Å²) in [6.07, 6.45) is 0. The van der Waals surface area contributed by atoms with E-state index in [9.17, 15) is 22.0 Å². The fraction of sp³-hybridized carbons (Fsp3) is 0.333. The number of benzene rings is 1. The van der Waals surface area contributed by atoms with Gasteiger partial charge in [-0.1, -0.05) is 0 Å². The minimum Gasteiger partial charge on any atom is -0.398 e. The number of rotatable bonds is 3. The van der Waals surface area contributed by atoms with Crippen LogP contribution in [0, 0.1) is 0 Å². The van der Waals surface area contributed by atoms with Crippen LogP contribution in [0.5, 0.6) is 0 Å². The van der Waals surface area contributed by atoms with Gasteiger partial charge in [-0.05, 0) is 29.5 Å². The summed E-state index contributed by atoms with van der Waals surface area (Å²) in [6, 6.07) is 1.96. The van der Waals surface area contributed by atoms with Crippen molar-refractivity contribution < 1.29 is 22.0 Å². The third kappa shape index (κ3) is 3.26. The average Bonchev–Trinajstić information content (AvgIpc) is 2.18. The van der Waals surface area contributed by atoms with E-state index in [2.05, 4.69) is 0 Å². The second kappa shape index (κ2) is 4.90. The van der Waals surface area contributed by atoms with Crippen LogP contribution in [0.25, 0.3) is 0 Å². The highest BCUT2D eigenvalue weighted by Gasteiger charge is 2.30. The third-order valence-electron chi connectivity index (χ3n) is 1.84. The number of hydrogen-bond donors (Lipinski definition) is 1. The van der Waals surface area contributed by atoms with Gasteiger partial charge in [-0.2, -0.15) is 13.2 Å². The molecule has 1 rings (SSSR count). The fourth-order valence-corrected chi connectivity index (χ4v) is 1.82. The van der Waals surface area contributed by atoms with E-state index in [0.29, 0.717) is 0 Å². The Bertz CT molecular complexity index is 377. The SMILES string of the molecule is Nc1cc(CF)c(SC(F)(F)F)cc1CF. The molecule has 0 fully saturated rings. The smallest absolute Gasteiger partial charge is 0.398 e. The minimum atomic E-state index is -4.53. The van der Waals surface area contributed by atoms with E-state index in [1.165, 1.54) is 0 Å². The molecular formula is C9H8F5NS. The van der Waals surface area contributed by atoms with Crippen LogP contribution >= 0.6 is 11.8 Å². The number of hydrogen-bond acceptors (Lipinski definition) is 2. The number of nitrogens with two attached hydrogens (primary N) is 1. The van der Waals surface area contributed by atoms with Gasteiger partial charge in [0.15, 0.2) is 0 Å². The maximum absolute atomic E-state index is 12.4. The maximum atomic E-state index is 12.4. The molecule has 0 bridgehead atoms. The Balaban J connectivity index is 3.15. The predicted octanol–water partition coefficient (Wildman–Crippen LogP) is 3.82. The summed E-state index contributed by atoms with van der Waals surface area (Å²) in [5, 5.41) is 0. The van der Waals surface area contributed by atoms with Gasteiger partial charge in [0.1, 0.15) is 13.3 Å². The van der Waals surface area contributed by atoms with Crippen LogP contribution < -0.4 is 5.73 Å². The average molecular weight is 257 g/mol. The molecule has 0 radical (unpaired) electrons. The zero-order valence-corrected chi connectivity index (χ0v) is 8.76. The van der Waals surface area contributed by atoms with Crippen molar-refractivity contribution in [3.63, 3.8) is 0 Å². The minimum absolute atomic E-state index is 0.0401. The van der Waals surface area contributed by atoms with Crippen molar-refractivity contribution in [3.8, 4) is 0 Å². The van der Waals surface area contributed by atoms with Crippen LogP contribution in [0.4, 0.5) is 27.6 Å². The summed E-state index contributed by atoms with van der Waals surface area (Å²) in [7, 11) is 0. The van der Waals surface area contributed by atoms with Crippen LogP contribution in [0.3, 0.4) is 0 Å². The first kappa shape index (κ1) is 13.1. The zero-order chi connectivity index (χ0) is 12.3. The van der Waals surface area contributed by atoms with E-state index in [0.717, 1.165) is 12.1 Å². The van der Waals surface area contributed by atoms with Gasteiger partial charge in [-0.15, -0.1) is 0 Å². The number of nitrogen functional groups attached to an aromatic ring is 1. The van der Waals surface area contributed by atoms with E-state index in [-0.39, 0.29) is 21.7 Å². The van der Waals surface area contributed by atoms with Gasteiger partial charge in [-0.25, -0.2) is 8.78 Å². The number of thioether (sulfide) groups is 1. The third-order valence-corrected chi connectivity index (χ3v) is 2.67. The number of alkyl halides is 5. The van der Waals surface area contributed by atoms with Gasteiger partial charge in [0.05, 0.1) is 0 Å². The van der Waals surface area contributed by atoms with Gasteiger partial charge in [0.25, 0.3) is 0 Å². The topological polar surface area (TPSA) is 26.0 Å². The zero-order valence-electron chi connectivity index (χ0n) is 7.94. The van der Waals surface area contributed by atoms with Crippen LogP contribution in [0.2, 0.25) is 0 Å². The van der Waals surface area contributed by atoms with Gasteiger partial charge in [-0.3, -0.25) is 0 Å². The summed E-state index contributed by atoms with van der Waals surface area (Å²) >= 11 is -0.472. The lowest BCUT2D eigenvalue weighted by atomic mass is 10.1. The molecule has 0 aromatic heterocycles. The molecule has 0 amide bonds. The van der Waals surface area contributed by atoms with Crippen molar-refractivity contribution in [1.82, 2.24) is 0 Å². The Morgan fingerprint density at radius 3 is 2.06 bits per heavy atom. The van der Waals surface area contributed by atoms with Gasteiger partial charge < -0.3 is 5.73 Å². The molecule has 16 heavy (non-hydrogen) atoms. The molecule has 0 aliphatic heterocycles. The second-order valence-electron chi connectivity index (χ2n) is 2.97. The summed E-state index contributed by atoms with van der Waals surface area (Å²) in [6.45, 7) is -2.06. The predicted molar refractivity (Wildman–Crippen MR) is 52.4 cm³/mol. The summed E-state index contributed by atoms with van der Waals surface area (Å²) in [5.74, 6) is 0. The molecule has 1 aromatic carbocycles. The standard InChI is InChI=1S/C9H8F5NS/c10-3-5-2-8(16-9(12,13)14)6(4-11)1-7(5)15/h1-2H,3-4,15H2. The van der Waals surface area contributed by atoms with Crippen molar-refractivity contribution >= 4 is 17.4 Å². The normalized spacial score (nSPS) is 11.8. The Hall–Kier alpha value is -0.980. The molecule has 1 nitrogen and oxygen atoms in total. The first-order valence-corrected chi connectivity index (χ1v) is 4.98. The van der Waals surface area contributed by atoms with Crippen molar-refractivity contribution in [2.24, 2.45) is 0 Å². The van der Waals surface area contributed by atoms with Gasteiger partial charge >= 0.3 is 5.51 Å². The lowest BCUT2D eigenvalue weighted by Gasteiger charge is -2.12. The second-order valence-corrected chi connectivity index (χ2v) is 4.08. The van der Waals surface area contributed by atoms with Crippen molar-refractivity contribution in [2.75, 3.05) is 5.73 Å². The highest BCUT2D eigenvalue weighted by Crippen LogP contribution is 2.40. The Kier molecular flexibility index (Phi) is 4.01. The molecule has 2 N–H and O–H groups in total. The fourth-order valence-electron chi connectivity index (χ4n) is 1.13. The quantitative estimate of drug-likeness (QED) is 0.506. The number of anilines is 1. The molecule has 0 atom stereocenters. The molecule has 1 aromatic rings. The molecule has 0 aliphatic rings. The highest BCUT2D eigenvalue weighted by molar-refractivity contribution is 8.00. The lowest BCUT2D eigenvalue weighted by molar-refractivity contribution is -0.0328. The van der Waals surface area contributed by atoms with E-state index in [1.54, 1.807) is 0 Å². The Labute approximate surface area is 92.8 Å². The Morgan fingerprint density at radius 1 is 1.06 bits per heavy atom. The molecule has 0 saturated heterocycles. The van der Waals surface area contributed by atoms with Gasteiger partial charge in [0, 0.05) is 16.1 Å². The monoisotopic (exact) mass is 257 g/mol. The van der Waals surface area contributed by atoms with Gasteiger partial charge in [0.2, 0.25) is 0 Å². The van der Waals surface area contributed by atoms with Crippen molar-refractivity contribution in [1.29, 1.82) is 0 Å². The highest BCUT2D eigenvalue weighted by atomic mass is 32.2. The van der Waals surface area contributed by atoms with Crippen LogP contribution in [0.1, 0.15) is 11.1 Å². The van der Waals surface area contributed by atoms with Crippen LogP contribution in [0.15, 0.2) is 17.0 Å². The Morgan fingerprint density at radius 2 is 1.62 bits per heavy atom. The molecule has 0 spiro atoms. The summed E-state index contributed by atoms with van der Waals surface area (Å²) in [5.41, 5.74) is 0.520. The first-order valence-electron chi connectivity index (χ1n) is 4.16. The summed E-state index contributed by atoms with van der Waals surface area (Å²) in [4.78, 5) is -0.350. The molecule has 0 saturated carbocycles. The molecule has 0 unspecified atom stereocenters. The summed E-state index contributed by atoms with van der Waals surface area (Å²) < 4.78 is 61.1. The first-order chi connectivity index (χ1) is 7.37.